The molecule has 0 spiro atoms. The molecule has 146 valence electrons. The highest BCUT2D eigenvalue weighted by Crippen LogP contribution is 2.41. The Balaban J connectivity index is 2.23. The average Bonchev–Trinajstić information content (AvgIpc) is 2.90. The fourth-order valence-corrected chi connectivity index (χ4v) is 3.07. The summed E-state index contributed by atoms with van der Waals surface area (Å²) >= 11 is 0. The van der Waals surface area contributed by atoms with Crippen LogP contribution in [0, 0.1) is 0 Å². The van der Waals surface area contributed by atoms with Crippen LogP contribution in [0.5, 0.6) is 5.75 Å². The molecule has 0 amide bonds. The molecule has 1 aliphatic rings. The molecule has 1 fully saturated rings. The lowest BCUT2D eigenvalue weighted by molar-refractivity contribution is -0.139. The second-order valence-corrected chi connectivity index (χ2v) is 7.89. The first-order valence-corrected chi connectivity index (χ1v) is 9.48. The third kappa shape index (κ3) is 5.60. The number of hydrogen-bond donors (Lipinski definition) is 0. The molecule has 0 aliphatic heterocycles. The molecule has 0 atom stereocenters. The van der Waals surface area contributed by atoms with Crippen molar-refractivity contribution in [3.8, 4) is 5.75 Å². The molecule has 0 radical (unpaired) electrons. The van der Waals surface area contributed by atoms with Crippen molar-refractivity contribution in [3.05, 3.63) is 29.3 Å². The van der Waals surface area contributed by atoms with Crippen LogP contribution in [0.3, 0.4) is 0 Å². The summed E-state index contributed by atoms with van der Waals surface area (Å²) < 4.78 is 81.4. The Morgan fingerprint density at radius 1 is 1.27 bits per heavy atom. The number of carbonyl (C=O) groups excluding carboxylic acids is 1. The molecule has 1 aliphatic carbocycles. The third-order valence-electron chi connectivity index (χ3n) is 4.11. The summed E-state index contributed by atoms with van der Waals surface area (Å²) in [7, 11) is -4.56. The van der Waals surface area contributed by atoms with Crippen molar-refractivity contribution < 1.29 is 40.4 Å². The Morgan fingerprint density at radius 2 is 1.88 bits per heavy atom. The SMILES string of the molecule is CC1(Oc2cc(C(=O)OCCS(=O)(=O)[O-])ccc2C(F)(F)F)CCCC1. The smallest absolute Gasteiger partial charge is 0.419 e. The minimum atomic E-state index is -4.66. The maximum Gasteiger partial charge on any atom is 0.419 e. The molecule has 0 heterocycles. The number of ether oxygens (including phenoxy) is 2. The van der Waals surface area contributed by atoms with Gasteiger partial charge in [-0.3, -0.25) is 0 Å². The molecule has 6 nitrogen and oxygen atoms in total. The Kier molecular flexibility index (Phi) is 5.86. The Labute approximate surface area is 149 Å². The van der Waals surface area contributed by atoms with Crippen LogP contribution in [0.1, 0.15) is 48.5 Å². The van der Waals surface area contributed by atoms with Crippen LogP contribution in [-0.4, -0.2) is 36.9 Å². The number of alkyl halides is 3. The molecular formula is C16H18F3O6S-. The Morgan fingerprint density at radius 3 is 2.42 bits per heavy atom. The van der Waals surface area contributed by atoms with Crippen molar-refractivity contribution in [1.82, 2.24) is 0 Å². The number of hydrogen-bond acceptors (Lipinski definition) is 6. The zero-order chi connectivity index (χ0) is 19.6. The van der Waals surface area contributed by atoms with E-state index in [0.29, 0.717) is 18.9 Å². The van der Waals surface area contributed by atoms with Crippen LogP contribution in [0.4, 0.5) is 13.2 Å². The standard InChI is InChI=1S/C16H19F3O6S/c1-15(6-2-3-7-15)25-13-10-11(4-5-12(13)16(17,18)19)14(20)24-8-9-26(21,22)23/h4-5,10H,2-3,6-9H2,1H3,(H,21,22,23)/p-1. The number of halogens is 3. The number of esters is 1. The second-order valence-electron chi connectivity index (χ2n) is 6.37. The molecular weight excluding hydrogens is 377 g/mol. The van der Waals surface area contributed by atoms with Crippen molar-refractivity contribution in [3.63, 3.8) is 0 Å². The van der Waals surface area contributed by atoms with Gasteiger partial charge in [0, 0.05) is 0 Å². The van der Waals surface area contributed by atoms with E-state index in [-0.39, 0.29) is 5.56 Å². The van der Waals surface area contributed by atoms with Crippen molar-refractivity contribution in [2.45, 2.75) is 44.4 Å². The van der Waals surface area contributed by atoms with Gasteiger partial charge in [0.2, 0.25) is 0 Å². The first-order valence-electron chi connectivity index (χ1n) is 7.91. The van der Waals surface area contributed by atoms with E-state index in [4.69, 9.17) is 4.74 Å². The van der Waals surface area contributed by atoms with Gasteiger partial charge in [0.15, 0.2) is 0 Å². The maximum absolute atomic E-state index is 13.2. The summed E-state index contributed by atoms with van der Waals surface area (Å²) in [5, 5.41) is 0. The summed E-state index contributed by atoms with van der Waals surface area (Å²) in [6.45, 7) is 1.03. The summed E-state index contributed by atoms with van der Waals surface area (Å²) in [6.07, 6.45) is -1.80. The van der Waals surface area contributed by atoms with Crippen LogP contribution in [0.25, 0.3) is 0 Å². The van der Waals surface area contributed by atoms with Gasteiger partial charge >= 0.3 is 12.1 Å². The van der Waals surface area contributed by atoms with Crippen LogP contribution in [0.2, 0.25) is 0 Å². The van der Waals surface area contributed by atoms with Gasteiger partial charge in [-0.15, -0.1) is 0 Å². The highest BCUT2D eigenvalue weighted by atomic mass is 32.2. The molecule has 1 saturated carbocycles. The summed E-state index contributed by atoms with van der Waals surface area (Å²) in [4.78, 5) is 11.9. The quantitative estimate of drug-likeness (QED) is 0.543. The maximum atomic E-state index is 13.2. The van der Waals surface area contributed by atoms with E-state index < -0.39 is 51.5 Å². The molecule has 0 N–H and O–H groups in total. The lowest BCUT2D eigenvalue weighted by atomic mass is 10.0. The lowest BCUT2D eigenvalue weighted by Crippen LogP contribution is -2.29. The largest absolute Gasteiger partial charge is 0.748 e. The van der Waals surface area contributed by atoms with Crippen molar-refractivity contribution in [2.75, 3.05) is 12.4 Å². The van der Waals surface area contributed by atoms with Gasteiger partial charge in [-0.2, -0.15) is 13.2 Å². The zero-order valence-corrected chi connectivity index (χ0v) is 14.8. The van der Waals surface area contributed by atoms with E-state index in [0.717, 1.165) is 25.0 Å². The van der Waals surface area contributed by atoms with Crippen LogP contribution >= 0.6 is 0 Å². The fraction of sp³-hybridized carbons (Fsp3) is 0.562. The van der Waals surface area contributed by atoms with Gasteiger partial charge in [-0.1, -0.05) is 0 Å². The zero-order valence-electron chi connectivity index (χ0n) is 14.0. The summed E-state index contributed by atoms with van der Waals surface area (Å²) in [5.41, 5.74) is -1.98. The predicted molar refractivity (Wildman–Crippen MR) is 83.8 cm³/mol. The van der Waals surface area contributed by atoms with E-state index in [1.165, 1.54) is 0 Å². The van der Waals surface area contributed by atoms with E-state index in [2.05, 4.69) is 4.74 Å². The Bertz CT molecular complexity index is 767. The van der Waals surface area contributed by atoms with Gasteiger partial charge in [-0.25, -0.2) is 13.2 Å². The van der Waals surface area contributed by atoms with Gasteiger partial charge in [0.1, 0.15) is 18.0 Å². The number of carbonyl (C=O) groups is 1. The van der Waals surface area contributed by atoms with Crippen molar-refractivity contribution in [1.29, 1.82) is 0 Å². The molecule has 10 heteroatoms. The normalized spacial score (nSPS) is 17.1. The van der Waals surface area contributed by atoms with Gasteiger partial charge in [-0.05, 0) is 50.8 Å². The third-order valence-corrected chi connectivity index (χ3v) is 4.77. The second kappa shape index (κ2) is 7.43. The molecule has 2 rings (SSSR count). The summed E-state index contributed by atoms with van der Waals surface area (Å²) in [5.74, 6) is -2.43. The molecule has 26 heavy (non-hydrogen) atoms. The first kappa shape index (κ1) is 20.5. The molecule has 0 saturated heterocycles. The molecule has 1 aromatic rings. The van der Waals surface area contributed by atoms with Gasteiger partial charge < -0.3 is 14.0 Å². The van der Waals surface area contributed by atoms with E-state index >= 15 is 0 Å². The average molecular weight is 395 g/mol. The highest BCUT2D eigenvalue weighted by Gasteiger charge is 2.38. The molecule has 1 aromatic carbocycles. The lowest BCUT2D eigenvalue weighted by Gasteiger charge is -2.27. The first-order chi connectivity index (χ1) is 11.9. The number of benzene rings is 1. The fourth-order valence-electron chi connectivity index (χ4n) is 2.78. The van der Waals surface area contributed by atoms with Crippen LogP contribution < -0.4 is 4.74 Å². The van der Waals surface area contributed by atoms with Crippen LogP contribution in [-0.2, 0) is 21.0 Å². The molecule has 0 aromatic heterocycles. The highest BCUT2D eigenvalue weighted by molar-refractivity contribution is 7.85. The van der Waals surface area contributed by atoms with E-state index in [9.17, 15) is 30.9 Å². The molecule has 0 bridgehead atoms. The topological polar surface area (TPSA) is 92.7 Å². The van der Waals surface area contributed by atoms with E-state index in [1.807, 2.05) is 0 Å². The van der Waals surface area contributed by atoms with Crippen molar-refractivity contribution in [2.24, 2.45) is 0 Å². The minimum absolute atomic E-state index is 0.224. The minimum Gasteiger partial charge on any atom is -0.748 e. The van der Waals surface area contributed by atoms with Crippen molar-refractivity contribution >= 4 is 16.1 Å². The van der Waals surface area contributed by atoms with Gasteiger partial charge in [0.25, 0.3) is 0 Å². The number of rotatable bonds is 6. The monoisotopic (exact) mass is 395 g/mol. The predicted octanol–water partition coefficient (Wildman–Crippen LogP) is 3.12. The van der Waals surface area contributed by atoms with E-state index in [1.54, 1.807) is 6.92 Å². The molecule has 0 unspecified atom stereocenters. The summed E-state index contributed by atoms with van der Waals surface area (Å²) in [6, 6.07) is 2.57. The Hall–Kier alpha value is -1.81. The van der Waals surface area contributed by atoms with Crippen LogP contribution in [0.15, 0.2) is 18.2 Å². The van der Waals surface area contributed by atoms with Gasteiger partial charge in [0.05, 0.1) is 27.0 Å².